The summed E-state index contributed by atoms with van der Waals surface area (Å²) in [7, 11) is -10.3. The Labute approximate surface area is 118 Å². The summed E-state index contributed by atoms with van der Waals surface area (Å²) >= 11 is 0. The van der Waals surface area contributed by atoms with Crippen molar-refractivity contribution in [2.45, 2.75) is 37.4 Å². The lowest BCUT2D eigenvalue weighted by atomic mass is 10.5. The molecule has 0 aromatic heterocycles. The van der Waals surface area contributed by atoms with Gasteiger partial charge in [0.25, 0.3) is 0 Å². The van der Waals surface area contributed by atoms with Gasteiger partial charge in [0.15, 0.2) is 0 Å². The first-order valence-corrected chi connectivity index (χ1v) is 7.64. The lowest BCUT2D eigenvalue weighted by molar-refractivity contribution is 0.102. The van der Waals surface area contributed by atoms with E-state index in [0.717, 1.165) is 0 Å². The van der Waals surface area contributed by atoms with Gasteiger partial charge in [-0.05, 0) is 6.92 Å². The van der Waals surface area contributed by atoms with Crippen LogP contribution >= 0.6 is 0 Å². The van der Waals surface area contributed by atoms with Gasteiger partial charge < -0.3 is 10.2 Å². The zero-order valence-electron chi connectivity index (χ0n) is 11.0. The van der Waals surface area contributed by atoms with Gasteiger partial charge in [-0.2, -0.15) is 34.4 Å². The van der Waals surface area contributed by atoms with Crippen molar-refractivity contribution in [3.63, 3.8) is 0 Å². The van der Waals surface area contributed by atoms with Crippen molar-refractivity contribution in [1.82, 2.24) is 0 Å². The second kappa shape index (κ2) is 8.79. The van der Waals surface area contributed by atoms with Crippen molar-refractivity contribution in [2.75, 3.05) is 6.61 Å². The summed E-state index contributed by atoms with van der Waals surface area (Å²) in [6, 6.07) is 0. The summed E-state index contributed by atoms with van der Waals surface area (Å²) < 4.78 is 98.6. The first-order valence-electron chi connectivity index (χ1n) is 4.76. The molecule has 0 aromatic carbocycles. The molecule has 21 heavy (non-hydrogen) atoms. The molecule has 0 rings (SSSR count). The summed E-state index contributed by atoms with van der Waals surface area (Å²) in [5.74, 6) is 0. The van der Waals surface area contributed by atoms with Crippen LogP contribution in [0.15, 0.2) is 0 Å². The van der Waals surface area contributed by atoms with Gasteiger partial charge in [-0.3, -0.25) is 9.11 Å². The van der Waals surface area contributed by atoms with Crippen LogP contribution in [0.25, 0.3) is 0 Å². The van der Waals surface area contributed by atoms with E-state index in [0.29, 0.717) is 0 Å². The number of hydrogen-bond donors (Lipinski definition) is 4. The molecule has 0 aromatic rings. The summed E-state index contributed by atoms with van der Waals surface area (Å²) in [5.41, 5.74) is 0. The van der Waals surface area contributed by atoms with Crippen molar-refractivity contribution < 1.29 is 53.7 Å². The fourth-order valence-corrected chi connectivity index (χ4v) is 0. The monoisotopic (exact) mass is 368 g/mol. The molecule has 8 nitrogen and oxygen atoms in total. The van der Waals surface area contributed by atoms with E-state index >= 15 is 0 Å². The lowest BCUT2D eigenvalue weighted by Gasteiger charge is -2.02. The molecule has 0 amide bonds. The second-order valence-corrected chi connectivity index (χ2v) is 6.93. The van der Waals surface area contributed by atoms with Crippen LogP contribution in [-0.2, 0) is 20.2 Å². The number of halogens is 4. The van der Waals surface area contributed by atoms with E-state index in [-0.39, 0.29) is 20.5 Å². The van der Waals surface area contributed by atoms with E-state index in [2.05, 4.69) is 0 Å². The molecule has 132 valence electrons. The Hall–Kier alpha value is -0.540. The number of alkyl halides is 4. The highest BCUT2D eigenvalue weighted by molar-refractivity contribution is 7.87. The van der Waals surface area contributed by atoms with Crippen LogP contribution < -0.4 is 0 Å². The smallest absolute Gasteiger partial charge is 0.367 e. The summed E-state index contributed by atoms with van der Waals surface area (Å²) in [6.45, 7) is 1.59. The maximum atomic E-state index is 11.4. The van der Waals surface area contributed by atoms with Crippen LogP contribution in [0.1, 0.15) is 20.8 Å². The molecule has 0 saturated heterocycles. The normalized spacial score (nSPS) is 14.2. The molecule has 1 unspecified atom stereocenters. The van der Waals surface area contributed by atoms with E-state index in [4.69, 9.17) is 19.3 Å². The van der Waals surface area contributed by atoms with Gasteiger partial charge in [-0.1, -0.05) is 0 Å². The van der Waals surface area contributed by atoms with Gasteiger partial charge in [-0.15, -0.1) is 0 Å². The zero-order chi connectivity index (χ0) is 18.3. The Balaban J connectivity index is -0.000000239. The highest BCUT2D eigenvalue weighted by Gasteiger charge is 2.37. The molecule has 1 atom stereocenters. The minimum absolute atomic E-state index is 0.0995. The first-order chi connectivity index (χ1) is 8.77. The van der Waals surface area contributed by atoms with E-state index in [1.54, 1.807) is 0 Å². The summed E-state index contributed by atoms with van der Waals surface area (Å²) in [5, 5.41) is 7.94. The Kier molecular flexibility index (Phi) is 10.6. The minimum Gasteiger partial charge on any atom is -0.394 e. The first kappa shape index (κ1) is 25.4. The van der Waals surface area contributed by atoms with Gasteiger partial charge in [0.05, 0.1) is 12.7 Å². The fourth-order valence-electron chi connectivity index (χ4n) is 0. The topological polar surface area (TPSA) is 149 Å². The number of rotatable bonds is 3. The molecule has 0 aliphatic carbocycles. The Morgan fingerprint density at radius 3 is 1.00 bits per heavy atom. The molecule has 0 aliphatic heterocycles. The van der Waals surface area contributed by atoms with E-state index in [9.17, 15) is 34.4 Å². The number of aliphatic hydroxyl groups is 2. The van der Waals surface area contributed by atoms with Gasteiger partial charge in [0.2, 0.25) is 0 Å². The molecule has 14 heteroatoms. The molecule has 0 radical (unpaired) electrons. The predicted molar refractivity (Wildman–Crippen MR) is 63.1 cm³/mol. The third-order valence-corrected chi connectivity index (χ3v) is 2.98. The van der Waals surface area contributed by atoms with Crippen molar-refractivity contribution >= 4 is 20.2 Å². The Morgan fingerprint density at radius 2 is 1.00 bits per heavy atom. The third-order valence-electron chi connectivity index (χ3n) is 1.17. The Bertz CT molecular complexity index is 432. The average Bonchev–Trinajstić information content (AvgIpc) is 2.12. The second-order valence-electron chi connectivity index (χ2n) is 3.60. The zero-order valence-corrected chi connectivity index (χ0v) is 12.7. The van der Waals surface area contributed by atoms with E-state index in [1.807, 2.05) is 0 Å². The molecule has 4 N–H and O–H groups in total. The summed E-state index contributed by atoms with van der Waals surface area (Å²) in [6.07, 6.45) is -0.560. The Morgan fingerprint density at radius 1 is 0.905 bits per heavy atom. The van der Waals surface area contributed by atoms with Gasteiger partial charge >= 0.3 is 30.7 Å². The van der Waals surface area contributed by atoms with E-state index < -0.39 is 36.8 Å². The highest BCUT2D eigenvalue weighted by atomic mass is 32.2. The highest BCUT2D eigenvalue weighted by Crippen LogP contribution is 2.18. The van der Waals surface area contributed by atoms with Crippen molar-refractivity contribution in [1.29, 1.82) is 0 Å². The standard InChI is InChI=1S/C3H8O2.2C2H4F2O3S/c1-3(5)2-4;2*1-2(3,4)8(5,6)7/h3-5H,2H2,1H3;2*1H3,(H,5,6,7). The predicted octanol–water partition coefficient (Wildman–Crippen LogP) is 0.333. The average molecular weight is 368 g/mol. The fraction of sp³-hybridized carbons (Fsp3) is 1.00. The van der Waals surface area contributed by atoms with Crippen molar-refractivity contribution in [3.05, 3.63) is 0 Å². The maximum absolute atomic E-state index is 11.4. The van der Waals surface area contributed by atoms with Crippen LogP contribution in [0.3, 0.4) is 0 Å². The SMILES string of the molecule is CC(F)(F)S(=O)(=O)O.CC(F)(F)S(=O)(=O)O.CC(O)CO. The quantitative estimate of drug-likeness (QED) is 0.411. The molecule has 0 heterocycles. The lowest BCUT2D eigenvalue weighted by Crippen LogP contribution is -2.23. The molecule has 0 spiro atoms. The largest absolute Gasteiger partial charge is 0.394 e. The molecular formula is C7H16F4O8S2. The summed E-state index contributed by atoms with van der Waals surface area (Å²) in [4.78, 5) is 0. The van der Waals surface area contributed by atoms with Crippen LogP contribution in [0.5, 0.6) is 0 Å². The number of hydrogen-bond acceptors (Lipinski definition) is 6. The van der Waals surface area contributed by atoms with Crippen LogP contribution in [0.2, 0.25) is 0 Å². The van der Waals surface area contributed by atoms with Crippen LogP contribution in [0, 0.1) is 0 Å². The molecular weight excluding hydrogens is 352 g/mol. The minimum atomic E-state index is -5.17. The molecule has 0 bridgehead atoms. The van der Waals surface area contributed by atoms with Gasteiger partial charge in [0, 0.05) is 13.8 Å². The van der Waals surface area contributed by atoms with E-state index in [1.165, 1.54) is 6.92 Å². The third kappa shape index (κ3) is 15.7. The molecule has 0 saturated carbocycles. The van der Waals surface area contributed by atoms with Crippen molar-refractivity contribution in [3.8, 4) is 0 Å². The van der Waals surface area contributed by atoms with Crippen LogP contribution in [-0.4, -0.2) is 59.4 Å². The van der Waals surface area contributed by atoms with Crippen LogP contribution in [0.4, 0.5) is 17.6 Å². The maximum Gasteiger partial charge on any atom is 0.367 e. The molecule has 0 fully saturated rings. The van der Waals surface area contributed by atoms with Crippen molar-refractivity contribution in [2.24, 2.45) is 0 Å². The van der Waals surface area contributed by atoms with Gasteiger partial charge in [0.1, 0.15) is 0 Å². The number of aliphatic hydroxyl groups excluding tert-OH is 2. The molecule has 0 aliphatic rings. The van der Waals surface area contributed by atoms with Gasteiger partial charge in [-0.25, -0.2) is 0 Å².